The number of methoxy groups -OCH3 is 1. The van der Waals surface area contributed by atoms with Crippen LogP contribution in [0.15, 0.2) is 36.4 Å². The van der Waals surface area contributed by atoms with Crippen LogP contribution in [0.1, 0.15) is 6.42 Å². The molecule has 0 aliphatic rings. The monoisotopic (exact) mass is 455 g/mol. The summed E-state index contributed by atoms with van der Waals surface area (Å²) in [6, 6.07) is 8.18. The highest BCUT2D eigenvalue weighted by Crippen LogP contribution is 2.33. The number of aliphatic hydroxyl groups excluding tert-OH is 1. The van der Waals surface area contributed by atoms with Crippen molar-refractivity contribution in [3.63, 3.8) is 0 Å². The number of rotatable bonds is 8. The molecule has 1 atom stereocenters. The van der Waals surface area contributed by atoms with E-state index in [1.165, 1.54) is 19.2 Å². The predicted octanol–water partition coefficient (Wildman–Crippen LogP) is 2.67. The molecular formula is C19H19F2N3O6S. The largest absolute Gasteiger partial charge is 0.495 e. The highest BCUT2D eigenvalue weighted by Gasteiger charge is 2.24. The zero-order valence-electron chi connectivity index (χ0n) is 16.2. The molecule has 0 radical (unpaired) electrons. The number of aliphatic hydroxyl groups is 1. The quantitative estimate of drug-likeness (QED) is 0.411. The Kier molecular flexibility index (Phi) is 6.32. The molecule has 0 fully saturated rings. The van der Waals surface area contributed by atoms with Gasteiger partial charge in [-0.05, 0) is 30.3 Å². The minimum atomic E-state index is -4.29. The standard InChI is InChI=1S/C19H19F2N3O6S/c1-29-17-3-2-10(14-8-11-6-12(20)13(21)9-15(11)23-14)7-16(17)24-31(27,28)18(25)4-5-30-19(22)26/h2-3,6-9,18,23-25H,4-5H2,1H3,(H2,22,26). The minimum Gasteiger partial charge on any atom is -0.495 e. The number of aromatic amines is 1. The van der Waals surface area contributed by atoms with Gasteiger partial charge in [-0.15, -0.1) is 0 Å². The Bertz CT molecular complexity index is 1190. The van der Waals surface area contributed by atoms with Crippen LogP contribution < -0.4 is 15.2 Å². The number of fused-ring (bicyclic) bond motifs is 1. The molecule has 0 bridgehead atoms. The zero-order valence-corrected chi connectivity index (χ0v) is 17.0. The number of hydrogen-bond acceptors (Lipinski definition) is 6. The van der Waals surface area contributed by atoms with Gasteiger partial charge in [0.05, 0.1) is 19.4 Å². The lowest BCUT2D eigenvalue weighted by molar-refractivity contribution is 0.137. The SMILES string of the molecule is COc1ccc(-c2cc3cc(F)c(F)cc3[nH]2)cc1NS(=O)(=O)C(O)CCOC(N)=O. The zero-order chi connectivity index (χ0) is 22.8. The predicted molar refractivity (Wildman–Crippen MR) is 109 cm³/mol. The molecule has 3 aromatic rings. The molecule has 0 saturated carbocycles. The Hall–Kier alpha value is -3.38. The van der Waals surface area contributed by atoms with E-state index < -0.39 is 46.2 Å². The number of nitrogens with one attached hydrogen (secondary N) is 2. The van der Waals surface area contributed by atoms with Crippen molar-refractivity contribution < 1.29 is 36.6 Å². The van der Waals surface area contributed by atoms with E-state index in [-0.39, 0.29) is 11.4 Å². The Morgan fingerprint density at radius 2 is 1.94 bits per heavy atom. The number of H-pyrrole nitrogens is 1. The van der Waals surface area contributed by atoms with E-state index >= 15 is 0 Å². The fourth-order valence-electron chi connectivity index (χ4n) is 2.87. The molecule has 1 amide bonds. The molecule has 3 rings (SSSR count). The van der Waals surface area contributed by atoms with Crippen LogP contribution in [0.5, 0.6) is 5.75 Å². The fraction of sp³-hybridized carbons (Fsp3) is 0.211. The number of carbonyl (C=O) groups excluding carboxylic acids is 1. The number of amides is 1. The first-order valence-electron chi connectivity index (χ1n) is 8.89. The second-order valence-electron chi connectivity index (χ2n) is 6.51. The van der Waals surface area contributed by atoms with E-state index in [9.17, 15) is 27.1 Å². The van der Waals surface area contributed by atoms with Gasteiger partial charge < -0.3 is 25.3 Å². The summed E-state index contributed by atoms with van der Waals surface area (Å²) in [4.78, 5) is 13.5. The number of ether oxygens (including phenoxy) is 2. The lowest BCUT2D eigenvalue weighted by Crippen LogP contribution is -2.29. The number of benzene rings is 2. The molecule has 12 heteroatoms. The fourth-order valence-corrected chi connectivity index (χ4v) is 3.88. The molecule has 0 aliphatic carbocycles. The van der Waals surface area contributed by atoms with E-state index in [1.807, 2.05) is 0 Å². The van der Waals surface area contributed by atoms with E-state index in [0.717, 1.165) is 12.1 Å². The summed E-state index contributed by atoms with van der Waals surface area (Å²) >= 11 is 0. The molecule has 5 N–H and O–H groups in total. The first-order chi connectivity index (χ1) is 14.6. The highest BCUT2D eigenvalue weighted by molar-refractivity contribution is 7.93. The molecule has 9 nitrogen and oxygen atoms in total. The maximum Gasteiger partial charge on any atom is 0.404 e. The molecule has 31 heavy (non-hydrogen) atoms. The molecule has 1 aromatic heterocycles. The molecule has 0 spiro atoms. The van der Waals surface area contributed by atoms with Crippen LogP contribution >= 0.6 is 0 Å². The van der Waals surface area contributed by atoms with Gasteiger partial charge in [0, 0.05) is 34.6 Å². The lowest BCUT2D eigenvalue weighted by atomic mass is 10.1. The van der Waals surface area contributed by atoms with Crippen molar-refractivity contribution in [1.82, 2.24) is 4.98 Å². The summed E-state index contributed by atoms with van der Waals surface area (Å²) in [5, 5.41) is 10.4. The Morgan fingerprint density at radius 1 is 1.23 bits per heavy atom. The Labute approximate surface area is 175 Å². The average Bonchev–Trinajstić information content (AvgIpc) is 3.10. The van der Waals surface area contributed by atoms with Gasteiger partial charge in [0.1, 0.15) is 5.75 Å². The van der Waals surface area contributed by atoms with Gasteiger partial charge in [-0.3, -0.25) is 4.72 Å². The topological polar surface area (TPSA) is 144 Å². The van der Waals surface area contributed by atoms with Gasteiger partial charge in [-0.2, -0.15) is 0 Å². The number of carbonyl (C=O) groups is 1. The van der Waals surface area contributed by atoms with Crippen LogP contribution in [0, 0.1) is 11.6 Å². The normalized spacial score (nSPS) is 12.5. The third-order valence-electron chi connectivity index (χ3n) is 4.39. The number of hydrogen-bond donors (Lipinski definition) is 4. The van der Waals surface area contributed by atoms with Crippen molar-refractivity contribution in [2.75, 3.05) is 18.4 Å². The first kappa shape index (κ1) is 22.3. The molecule has 0 saturated heterocycles. The van der Waals surface area contributed by atoms with Crippen molar-refractivity contribution in [2.45, 2.75) is 11.9 Å². The van der Waals surface area contributed by atoms with Crippen LogP contribution in [0.3, 0.4) is 0 Å². The van der Waals surface area contributed by atoms with E-state index in [0.29, 0.717) is 22.2 Å². The van der Waals surface area contributed by atoms with Crippen LogP contribution in [0.4, 0.5) is 19.3 Å². The van der Waals surface area contributed by atoms with Gasteiger partial charge in [0.15, 0.2) is 17.1 Å². The van der Waals surface area contributed by atoms with E-state index in [4.69, 9.17) is 10.5 Å². The van der Waals surface area contributed by atoms with Gasteiger partial charge in [-0.25, -0.2) is 22.0 Å². The number of nitrogens with two attached hydrogens (primary N) is 1. The average molecular weight is 455 g/mol. The number of sulfonamides is 1. The summed E-state index contributed by atoms with van der Waals surface area (Å²) in [6.45, 7) is -0.392. The number of anilines is 1. The smallest absolute Gasteiger partial charge is 0.404 e. The summed E-state index contributed by atoms with van der Waals surface area (Å²) in [5.74, 6) is -1.82. The van der Waals surface area contributed by atoms with Crippen LogP contribution in [-0.4, -0.2) is 43.8 Å². The van der Waals surface area contributed by atoms with E-state index in [1.54, 1.807) is 12.1 Å². The summed E-state index contributed by atoms with van der Waals surface area (Å²) in [7, 11) is -2.96. The molecule has 166 valence electrons. The Morgan fingerprint density at radius 3 is 2.61 bits per heavy atom. The minimum absolute atomic E-state index is 0.0193. The van der Waals surface area contributed by atoms with Crippen molar-refractivity contribution in [2.24, 2.45) is 5.73 Å². The summed E-state index contributed by atoms with van der Waals surface area (Å²) in [6.07, 6.45) is -1.50. The molecule has 0 aliphatic heterocycles. The molecule has 1 heterocycles. The number of halogens is 2. The van der Waals surface area contributed by atoms with Crippen molar-refractivity contribution in [3.05, 3.63) is 48.0 Å². The number of aromatic nitrogens is 1. The van der Waals surface area contributed by atoms with Crippen LogP contribution in [0.25, 0.3) is 22.2 Å². The van der Waals surface area contributed by atoms with Crippen LogP contribution in [0.2, 0.25) is 0 Å². The second kappa shape index (κ2) is 8.78. The third-order valence-corrected chi connectivity index (χ3v) is 5.85. The highest BCUT2D eigenvalue weighted by atomic mass is 32.2. The maximum absolute atomic E-state index is 13.5. The van der Waals surface area contributed by atoms with Gasteiger partial charge in [0.25, 0.3) is 10.0 Å². The van der Waals surface area contributed by atoms with E-state index in [2.05, 4.69) is 14.4 Å². The molecular weight excluding hydrogens is 436 g/mol. The van der Waals surface area contributed by atoms with Crippen molar-refractivity contribution in [3.8, 4) is 17.0 Å². The maximum atomic E-state index is 13.5. The number of primary amides is 1. The van der Waals surface area contributed by atoms with Crippen molar-refractivity contribution >= 4 is 32.7 Å². The van der Waals surface area contributed by atoms with Gasteiger partial charge in [-0.1, -0.05) is 0 Å². The first-order valence-corrected chi connectivity index (χ1v) is 10.4. The summed E-state index contributed by atoms with van der Waals surface area (Å²) in [5.41, 5.74) is 4.24. The lowest BCUT2D eigenvalue weighted by Gasteiger charge is -2.16. The Balaban J connectivity index is 1.89. The van der Waals surface area contributed by atoms with Gasteiger partial charge >= 0.3 is 6.09 Å². The van der Waals surface area contributed by atoms with Crippen molar-refractivity contribution in [1.29, 1.82) is 0 Å². The molecule has 2 aromatic carbocycles. The second-order valence-corrected chi connectivity index (χ2v) is 8.35. The molecule has 1 unspecified atom stereocenters. The van der Waals surface area contributed by atoms with Gasteiger partial charge in [0.2, 0.25) is 0 Å². The third kappa shape index (κ3) is 5.03. The van der Waals surface area contributed by atoms with Crippen LogP contribution in [-0.2, 0) is 14.8 Å². The summed E-state index contributed by atoms with van der Waals surface area (Å²) < 4.78 is 63.6.